The molecule has 1 saturated heterocycles. The zero-order valence-electron chi connectivity index (χ0n) is 13.5. The van der Waals surface area contributed by atoms with Crippen molar-refractivity contribution in [1.82, 2.24) is 4.90 Å². The molecule has 0 N–H and O–H groups in total. The molecule has 1 spiro atoms. The van der Waals surface area contributed by atoms with Crippen molar-refractivity contribution in [3.8, 4) is 5.75 Å². The normalized spacial score (nSPS) is 25.8. The maximum atomic E-state index is 6.49. The molecule has 0 aliphatic carbocycles. The summed E-state index contributed by atoms with van der Waals surface area (Å²) in [6.07, 6.45) is 0.0317. The summed E-state index contributed by atoms with van der Waals surface area (Å²) in [6, 6.07) is 16.2. The summed E-state index contributed by atoms with van der Waals surface area (Å²) in [5, 5.41) is 0. The van der Waals surface area contributed by atoms with Crippen LogP contribution in [-0.4, -0.2) is 38.3 Å². The van der Waals surface area contributed by atoms with E-state index >= 15 is 0 Å². The fourth-order valence-electron chi connectivity index (χ4n) is 3.43. The van der Waals surface area contributed by atoms with Crippen molar-refractivity contribution in [2.75, 3.05) is 27.2 Å². The van der Waals surface area contributed by atoms with Crippen LogP contribution in [0.25, 0.3) is 0 Å². The lowest BCUT2D eigenvalue weighted by Gasteiger charge is -2.30. The Labute approximate surface area is 136 Å². The summed E-state index contributed by atoms with van der Waals surface area (Å²) in [5.74, 6) is -0.0427. The number of para-hydroxylation sites is 1. The highest BCUT2D eigenvalue weighted by Gasteiger charge is 2.48. The van der Waals surface area contributed by atoms with E-state index in [1.807, 2.05) is 50.5 Å². The zero-order chi connectivity index (χ0) is 15.9. The molecule has 4 rings (SSSR count). The monoisotopic (exact) mass is 311 g/mol. The summed E-state index contributed by atoms with van der Waals surface area (Å²) in [7, 11) is 4.10. The minimum atomic E-state index is -0.871. The van der Waals surface area contributed by atoms with Crippen LogP contribution in [0.5, 0.6) is 5.75 Å². The molecule has 4 heteroatoms. The van der Waals surface area contributed by atoms with Gasteiger partial charge in [0.05, 0.1) is 18.3 Å². The molecule has 0 bridgehead atoms. The van der Waals surface area contributed by atoms with Gasteiger partial charge in [-0.2, -0.15) is 0 Å². The molecule has 2 aliphatic rings. The van der Waals surface area contributed by atoms with Crippen molar-refractivity contribution in [3.05, 3.63) is 65.2 Å². The first-order valence-electron chi connectivity index (χ1n) is 7.96. The van der Waals surface area contributed by atoms with Gasteiger partial charge in [-0.3, -0.25) is 0 Å². The van der Waals surface area contributed by atoms with E-state index < -0.39 is 5.79 Å². The molecule has 1 fully saturated rings. The third-order valence-corrected chi connectivity index (χ3v) is 4.37. The summed E-state index contributed by atoms with van der Waals surface area (Å²) in [5.41, 5.74) is 3.10. The smallest absolute Gasteiger partial charge is 0.226 e. The minimum Gasteiger partial charge on any atom is -0.488 e. The molecule has 0 radical (unpaired) electrons. The SMILES string of the molecule is CN(C)CC1COC2(O1)c1ccccc1COc1ccccc12. The Morgan fingerprint density at radius 3 is 2.61 bits per heavy atom. The van der Waals surface area contributed by atoms with Gasteiger partial charge in [0.15, 0.2) is 0 Å². The summed E-state index contributed by atoms with van der Waals surface area (Å²) in [4.78, 5) is 2.12. The van der Waals surface area contributed by atoms with Gasteiger partial charge in [-0.1, -0.05) is 36.4 Å². The minimum absolute atomic E-state index is 0.0317. The molecule has 2 aromatic rings. The Morgan fingerprint density at radius 1 is 1.04 bits per heavy atom. The van der Waals surface area contributed by atoms with Crippen LogP contribution in [0.3, 0.4) is 0 Å². The highest BCUT2D eigenvalue weighted by molar-refractivity contribution is 5.48. The third kappa shape index (κ3) is 2.43. The second-order valence-electron chi connectivity index (χ2n) is 6.37. The van der Waals surface area contributed by atoms with Gasteiger partial charge in [-0.25, -0.2) is 0 Å². The number of rotatable bonds is 2. The van der Waals surface area contributed by atoms with Crippen LogP contribution < -0.4 is 4.74 Å². The van der Waals surface area contributed by atoms with E-state index in [9.17, 15) is 0 Å². The third-order valence-electron chi connectivity index (χ3n) is 4.37. The molecule has 4 nitrogen and oxygen atoms in total. The highest BCUT2D eigenvalue weighted by Crippen LogP contribution is 2.47. The van der Waals surface area contributed by atoms with Crippen LogP contribution in [0.1, 0.15) is 16.7 Å². The van der Waals surface area contributed by atoms with Crippen molar-refractivity contribution >= 4 is 0 Å². The lowest BCUT2D eigenvalue weighted by atomic mass is 9.93. The molecular formula is C19H21NO3. The Hall–Kier alpha value is -1.88. The number of hydrogen-bond acceptors (Lipinski definition) is 4. The van der Waals surface area contributed by atoms with Crippen LogP contribution in [0.4, 0.5) is 0 Å². The number of nitrogens with zero attached hydrogens (tertiary/aromatic N) is 1. The maximum Gasteiger partial charge on any atom is 0.226 e. The zero-order valence-corrected chi connectivity index (χ0v) is 13.5. The Balaban J connectivity index is 1.84. The summed E-state index contributed by atoms with van der Waals surface area (Å²) >= 11 is 0. The van der Waals surface area contributed by atoms with Crippen LogP contribution in [0, 0.1) is 0 Å². The molecule has 120 valence electrons. The summed E-state index contributed by atoms with van der Waals surface area (Å²) in [6.45, 7) is 1.92. The van der Waals surface area contributed by atoms with Gasteiger partial charge in [-0.05, 0) is 31.8 Å². The van der Waals surface area contributed by atoms with Crippen molar-refractivity contribution in [3.63, 3.8) is 0 Å². The van der Waals surface area contributed by atoms with Gasteiger partial charge in [-0.15, -0.1) is 0 Å². The van der Waals surface area contributed by atoms with Crippen molar-refractivity contribution in [1.29, 1.82) is 0 Å². The quantitative estimate of drug-likeness (QED) is 0.853. The highest BCUT2D eigenvalue weighted by atomic mass is 16.7. The lowest BCUT2D eigenvalue weighted by molar-refractivity contribution is -0.144. The topological polar surface area (TPSA) is 30.9 Å². The lowest BCUT2D eigenvalue weighted by Crippen LogP contribution is -2.33. The molecule has 2 atom stereocenters. The predicted octanol–water partition coefficient (Wildman–Crippen LogP) is 2.76. The van der Waals surface area contributed by atoms with Crippen molar-refractivity contribution in [2.24, 2.45) is 0 Å². The Morgan fingerprint density at radius 2 is 1.78 bits per heavy atom. The molecule has 2 heterocycles. The van der Waals surface area contributed by atoms with Gasteiger partial charge in [0.2, 0.25) is 5.79 Å². The van der Waals surface area contributed by atoms with E-state index in [1.165, 1.54) is 0 Å². The second-order valence-corrected chi connectivity index (χ2v) is 6.37. The fraction of sp³-hybridized carbons (Fsp3) is 0.368. The van der Waals surface area contributed by atoms with Crippen molar-refractivity contribution < 1.29 is 14.2 Å². The maximum absolute atomic E-state index is 6.49. The number of fused-ring (bicyclic) bond motifs is 4. The number of hydrogen-bond donors (Lipinski definition) is 0. The molecule has 0 aromatic heterocycles. The van der Waals surface area contributed by atoms with Gasteiger partial charge in [0.1, 0.15) is 12.4 Å². The van der Waals surface area contributed by atoms with E-state index in [-0.39, 0.29) is 6.10 Å². The molecule has 23 heavy (non-hydrogen) atoms. The van der Waals surface area contributed by atoms with E-state index in [2.05, 4.69) is 17.0 Å². The largest absolute Gasteiger partial charge is 0.488 e. The first-order chi connectivity index (χ1) is 11.2. The fourth-order valence-corrected chi connectivity index (χ4v) is 3.43. The standard InChI is InChI=1S/C19H21NO3/c1-20(2)11-15-13-22-19(23-15)16-8-4-3-7-14(16)12-21-18-10-6-5-9-17(18)19/h3-10,15H,11-13H2,1-2H3. The number of benzene rings is 2. The number of ether oxygens (including phenoxy) is 3. The van der Waals surface area contributed by atoms with E-state index in [0.717, 1.165) is 29.0 Å². The second kappa shape index (κ2) is 5.64. The Kier molecular flexibility index (Phi) is 3.60. The van der Waals surface area contributed by atoms with E-state index in [1.54, 1.807) is 0 Å². The van der Waals surface area contributed by atoms with Gasteiger partial charge < -0.3 is 19.1 Å². The molecular weight excluding hydrogens is 290 g/mol. The van der Waals surface area contributed by atoms with Crippen molar-refractivity contribution in [2.45, 2.75) is 18.5 Å². The first kappa shape index (κ1) is 14.7. The van der Waals surface area contributed by atoms with Crippen LogP contribution in [0.15, 0.2) is 48.5 Å². The molecule has 0 amide bonds. The molecule has 0 saturated carbocycles. The summed E-state index contributed by atoms with van der Waals surface area (Å²) < 4.78 is 18.8. The van der Waals surface area contributed by atoms with Gasteiger partial charge in [0.25, 0.3) is 0 Å². The number of likely N-dealkylation sites (N-methyl/N-ethyl adjacent to an activating group) is 1. The predicted molar refractivity (Wildman–Crippen MR) is 87.4 cm³/mol. The van der Waals surface area contributed by atoms with Crippen LogP contribution in [-0.2, 0) is 21.9 Å². The average Bonchev–Trinajstić information content (AvgIpc) is 2.91. The van der Waals surface area contributed by atoms with E-state index in [0.29, 0.717) is 13.2 Å². The van der Waals surface area contributed by atoms with Gasteiger partial charge in [0, 0.05) is 12.1 Å². The van der Waals surface area contributed by atoms with Crippen LogP contribution in [0.2, 0.25) is 0 Å². The van der Waals surface area contributed by atoms with Crippen LogP contribution >= 0.6 is 0 Å². The molecule has 2 aliphatic heterocycles. The average molecular weight is 311 g/mol. The first-order valence-corrected chi connectivity index (χ1v) is 7.96. The van der Waals surface area contributed by atoms with E-state index in [4.69, 9.17) is 14.2 Å². The van der Waals surface area contributed by atoms with Gasteiger partial charge >= 0.3 is 0 Å². The molecule has 2 unspecified atom stereocenters. The molecule has 2 aromatic carbocycles. The Bertz CT molecular complexity index is 666.